The Labute approximate surface area is 406 Å². The molecule has 7 heteroatoms. The third-order valence-corrected chi connectivity index (χ3v) is 12.9. The smallest absolute Gasteiger partial charge is 0.268 e. The topological polar surface area (TPSA) is 49.0 Å². The third-order valence-electron chi connectivity index (χ3n) is 12.9. The van der Waals surface area contributed by atoms with E-state index < -0.39 is 0 Å². The molecule has 7 aromatic carbocycles. The maximum Gasteiger partial charge on any atom is 0.268 e. The van der Waals surface area contributed by atoms with Gasteiger partial charge in [0.15, 0.2) is 0 Å². The molecule has 0 aliphatic carbocycles. The van der Waals surface area contributed by atoms with E-state index in [1.165, 1.54) is 16.7 Å². The zero-order chi connectivity index (χ0) is 45.7. The Kier molecular flexibility index (Phi) is 10.7. The normalized spacial score (nSPS) is 12.4. The van der Waals surface area contributed by atoms with Crippen molar-refractivity contribution in [2.45, 2.75) is 78.6 Å². The first-order valence-electron chi connectivity index (χ1n) is 22.8. The minimum Gasteiger partial charge on any atom is -0.510 e. The van der Waals surface area contributed by atoms with Gasteiger partial charge < -0.3 is 18.3 Å². The fraction of sp³-hybridized carbons (Fsp3) is 0.200. The van der Waals surface area contributed by atoms with Gasteiger partial charge in [0.1, 0.15) is 17.0 Å². The first kappa shape index (κ1) is 44.1. The molecule has 0 amide bonds. The van der Waals surface area contributed by atoms with Gasteiger partial charge in [-0.2, -0.15) is 18.2 Å². The van der Waals surface area contributed by atoms with E-state index in [4.69, 9.17) is 14.1 Å². The fourth-order valence-electron chi connectivity index (χ4n) is 9.32. The van der Waals surface area contributed by atoms with Crippen LogP contribution in [-0.4, -0.2) is 14.1 Å². The molecule has 4 heterocycles. The number of imidazole rings is 1. The Bertz CT molecular complexity index is 3700. The Hall–Kier alpha value is -6.75. The van der Waals surface area contributed by atoms with E-state index in [2.05, 4.69) is 210 Å². The number of aromatic nitrogens is 4. The van der Waals surface area contributed by atoms with Gasteiger partial charge in [0.2, 0.25) is 0 Å². The Balaban J connectivity index is 0.00000525. The van der Waals surface area contributed by atoms with Crippen molar-refractivity contribution in [2.24, 2.45) is 0 Å². The van der Waals surface area contributed by atoms with Crippen LogP contribution in [0.3, 0.4) is 0 Å². The van der Waals surface area contributed by atoms with Crippen LogP contribution in [0.2, 0.25) is 0 Å². The van der Waals surface area contributed by atoms with Crippen molar-refractivity contribution < 1.29 is 34.8 Å². The average molecular weight is 1060 g/mol. The van der Waals surface area contributed by atoms with Crippen molar-refractivity contribution in [1.82, 2.24) is 14.1 Å². The van der Waals surface area contributed by atoms with E-state index in [0.29, 0.717) is 11.5 Å². The van der Waals surface area contributed by atoms with Gasteiger partial charge in [0.05, 0.1) is 16.7 Å². The fourth-order valence-corrected chi connectivity index (χ4v) is 9.32. The molecule has 11 rings (SSSR count). The van der Waals surface area contributed by atoms with Gasteiger partial charge >= 0.3 is 0 Å². The standard InChI is InChI=1S/C60H52N4O2.Pt/c1-58(2,3)39-29-30-61-56(34-39)64-50-21-12-10-19-44(50)45-27-26-43(36-53(45)64)65-42-18-16-17-41(35-42)62-37-63(52-23-14-13-22-51(52)62)57-47(32-40(59(4,5)6)33-49(57)60(7,8)9)38-25-28-55-48(31-38)46-20-11-15-24-54(46)66-55;/h10-34H,1-9H3;/q-2;. The van der Waals surface area contributed by atoms with Crippen LogP contribution in [-0.2, 0) is 37.3 Å². The summed E-state index contributed by atoms with van der Waals surface area (Å²) in [4.78, 5) is 4.86. The number of hydrogen-bond donors (Lipinski definition) is 0. The number of fused-ring (bicyclic) bond motifs is 7. The summed E-state index contributed by atoms with van der Waals surface area (Å²) in [5.41, 5.74) is 13.3. The molecular weight excluding hydrogens is 1000 g/mol. The van der Waals surface area contributed by atoms with Gasteiger partial charge in [-0.3, -0.25) is 4.57 Å². The number of ether oxygens (including phenoxy) is 1. The van der Waals surface area contributed by atoms with Gasteiger partial charge in [-0.05, 0) is 91.5 Å². The molecule has 67 heavy (non-hydrogen) atoms. The van der Waals surface area contributed by atoms with Crippen LogP contribution in [0.4, 0.5) is 0 Å². The number of benzene rings is 7. The van der Waals surface area contributed by atoms with E-state index in [-0.39, 0.29) is 37.3 Å². The van der Waals surface area contributed by atoms with Crippen molar-refractivity contribution in [3.8, 4) is 39.8 Å². The summed E-state index contributed by atoms with van der Waals surface area (Å²) < 4.78 is 19.5. The van der Waals surface area contributed by atoms with Crippen molar-refractivity contribution in [1.29, 1.82) is 0 Å². The summed E-state index contributed by atoms with van der Waals surface area (Å²) in [7, 11) is 0. The molecule has 0 fully saturated rings. The van der Waals surface area contributed by atoms with Crippen LogP contribution in [0.25, 0.3) is 83.1 Å². The quantitative estimate of drug-likeness (QED) is 0.123. The van der Waals surface area contributed by atoms with Crippen LogP contribution >= 0.6 is 0 Å². The minimum atomic E-state index is -0.212. The summed E-state index contributed by atoms with van der Waals surface area (Å²) in [5, 5.41) is 4.42. The average Bonchev–Trinajstić information content (AvgIpc) is 3.97. The van der Waals surface area contributed by atoms with Gasteiger partial charge in [-0.1, -0.05) is 147 Å². The summed E-state index contributed by atoms with van der Waals surface area (Å²) in [6.07, 6.45) is 5.74. The van der Waals surface area contributed by atoms with Crippen LogP contribution in [0.15, 0.2) is 156 Å². The van der Waals surface area contributed by atoms with Gasteiger partial charge in [-0.15, -0.1) is 29.7 Å². The van der Waals surface area contributed by atoms with Gasteiger partial charge in [-0.25, -0.2) is 4.98 Å². The Morgan fingerprint density at radius 3 is 2.04 bits per heavy atom. The molecule has 0 radical (unpaired) electrons. The van der Waals surface area contributed by atoms with Gasteiger partial charge in [0, 0.05) is 55.1 Å². The van der Waals surface area contributed by atoms with E-state index in [0.717, 1.165) is 83.1 Å². The molecule has 0 spiro atoms. The van der Waals surface area contributed by atoms with Crippen LogP contribution in [0.1, 0.15) is 79.0 Å². The zero-order valence-corrected chi connectivity index (χ0v) is 41.6. The summed E-state index contributed by atoms with van der Waals surface area (Å²) in [6, 6.07) is 58.3. The number of nitrogens with zero attached hydrogens (tertiary/aromatic N) is 4. The number of para-hydroxylation sites is 4. The second-order valence-electron chi connectivity index (χ2n) is 20.6. The predicted molar refractivity (Wildman–Crippen MR) is 269 cm³/mol. The van der Waals surface area contributed by atoms with Gasteiger partial charge in [0.25, 0.3) is 6.33 Å². The van der Waals surface area contributed by atoms with Crippen LogP contribution in [0.5, 0.6) is 11.5 Å². The first-order valence-corrected chi connectivity index (χ1v) is 22.8. The molecule has 0 bridgehead atoms. The zero-order valence-electron chi connectivity index (χ0n) is 39.4. The monoisotopic (exact) mass is 1060 g/mol. The molecule has 0 atom stereocenters. The predicted octanol–water partition coefficient (Wildman–Crippen LogP) is 15.0. The Morgan fingerprint density at radius 2 is 1.27 bits per heavy atom. The second kappa shape index (κ2) is 16.2. The molecule has 336 valence electrons. The molecule has 6 nitrogen and oxygen atoms in total. The Morgan fingerprint density at radius 1 is 0.567 bits per heavy atom. The molecule has 0 N–H and O–H groups in total. The molecule has 11 aromatic rings. The maximum atomic E-state index is 6.68. The van der Waals surface area contributed by atoms with Crippen molar-refractivity contribution in [3.63, 3.8) is 0 Å². The number of pyridine rings is 1. The first-order chi connectivity index (χ1) is 31.6. The molecule has 0 unspecified atom stereocenters. The van der Waals surface area contributed by atoms with E-state index in [9.17, 15) is 0 Å². The van der Waals surface area contributed by atoms with Crippen molar-refractivity contribution >= 4 is 54.8 Å². The maximum absolute atomic E-state index is 6.68. The number of rotatable bonds is 6. The molecule has 0 aliphatic rings. The summed E-state index contributed by atoms with van der Waals surface area (Å²) >= 11 is 0. The summed E-state index contributed by atoms with van der Waals surface area (Å²) in [5.74, 6) is 2.01. The SMILES string of the molecule is CC(C)(C)c1ccnc(-n2c3[c-]c(Oc4[c-]c(-n5[c-][n+](-c6c(-c7ccc8oc9ccccc9c8c7)cc(C(C)(C)C)cc6C(C)(C)C)c6ccccc65)ccc4)ccc3c3ccccc32)c1.[Pt]. The molecule has 0 saturated carbocycles. The minimum absolute atomic E-state index is 0. The van der Waals surface area contributed by atoms with Crippen LogP contribution in [0, 0.1) is 18.5 Å². The number of hydrogen-bond acceptors (Lipinski definition) is 3. The van der Waals surface area contributed by atoms with E-state index >= 15 is 0 Å². The molecule has 4 aromatic heterocycles. The number of furan rings is 1. The molecule has 0 aliphatic heterocycles. The van der Waals surface area contributed by atoms with E-state index in [1.807, 2.05) is 36.5 Å². The second-order valence-corrected chi connectivity index (χ2v) is 20.6. The summed E-state index contributed by atoms with van der Waals surface area (Å²) in [6.45, 7) is 20.5. The van der Waals surface area contributed by atoms with E-state index in [1.54, 1.807) is 0 Å². The van der Waals surface area contributed by atoms with Crippen molar-refractivity contribution in [3.05, 3.63) is 187 Å². The largest absolute Gasteiger partial charge is 0.510 e. The third kappa shape index (κ3) is 7.75. The molecular formula is C60H52N4O2Pt-2. The van der Waals surface area contributed by atoms with Crippen LogP contribution < -0.4 is 9.30 Å². The molecule has 0 saturated heterocycles. The van der Waals surface area contributed by atoms with Crippen molar-refractivity contribution in [2.75, 3.05) is 0 Å².